The summed E-state index contributed by atoms with van der Waals surface area (Å²) < 4.78 is 88.0. The molecular formula is C21H12BrF5O5S2. The summed E-state index contributed by atoms with van der Waals surface area (Å²) >= 11 is 5.51. The van der Waals surface area contributed by atoms with Crippen LogP contribution in [0.5, 0.6) is 0 Å². The summed E-state index contributed by atoms with van der Waals surface area (Å²) in [7, 11) is 0. The summed E-state index contributed by atoms with van der Waals surface area (Å²) in [6.45, 7) is -0.0576. The van der Waals surface area contributed by atoms with Gasteiger partial charge in [-0.2, -0.15) is 0 Å². The second-order valence-electron chi connectivity index (χ2n) is 7.30. The number of rotatable bonds is 5. The van der Waals surface area contributed by atoms with E-state index in [1.807, 2.05) is 0 Å². The van der Waals surface area contributed by atoms with Crippen LogP contribution in [0.15, 0.2) is 15.9 Å². The van der Waals surface area contributed by atoms with Crippen molar-refractivity contribution in [1.82, 2.24) is 0 Å². The minimum absolute atomic E-state index is 0.0947. The van der Waals surface area contributed by atoms with E-state index in [2.05, 4.69) is 15.9 Å². The van der Waals surface area contributed by atoms with Gasteiger partial charge in [0.05, 0.1) is 44.8 Å². The number of benzene rings is 1. The molecule has 1 fully saturated rings. The van der Waals surface area contributed by atoms with Gasteiger partial charge in [0, 0.05) is 11.1 Å². The zero-order valence-corrected chi connectivity index (χ0v) is 19.9. The summed E-state index contributed by atoms with van der Waals surface area (Å²) in [4.78, 5) is 13.9. The minimum atomic E-state index is -2.34. The van der Waals surface area contributed by atoms with Gasteiger partial charge in [-0.1, -0.05) is 0 Å². The van der Waals surface area contributed by atoms with E-state index in [1.165, 1.54) is 17.4 Å². The predicted molar refractivity (Wildman–Crippen MR) is 114 cm³/mol. The number of halogens is 6. The van der Waals surface area contributed by atoms with Gasteiger partial charge in [-0.15, -0.1) is 22.7 Å². The molecular weight excluding hydrogens is 571 g/mol. The van der Waals surface area contributed by atoms with E-state index >= 15 is 0 Å². The standard InChI is InChI=1S/C21H12BrF5O5S2/c22-10-6-8-19(34-10)18-7(20-21(8,31-2-1-28)32-4-3-30-20)5-9(33-18)17(29)11-12(23)14(25)16(27)15(26)13(11)24/h5-6,20,28H,1-4H2. The topological polar surface area (TPSA) is 65.0 Å². The first-order valence-electron chi connectivity index (χ1n) is 9.71. The maximum Gasteiger partial charge on any atom is 0.228 e. The van der Waals surface area contributed by atoms with Crippen molar-refractivity contribution in [1.29, 1.82) is 0 Å². The lowest BCUT2D eigenvalue weighted by Gasteiger charge is -2.45. The number of hydrogen-bond acceptors (Lipinski definition) is 7. The average Bonchev–Trinajstić information content (AvgIpc) is 3.44. The maximum absolute atomic E-state index is 14.3. The third-order valence-electron chi connectivity index (χ3n) is 5.42. The molecule has 34 heavy (non-hydrogen) atoms. The number of thiophene rings is 2. The van der Waals surface area contributed by atoms with Crippen LogP contribution in [0.4, 0.5) is 22.0 Å². The lowest BCUT2D eigenvalue weighted by Crippen LogP contribution is -2.47. The highest BCUT2D eigenvalue weighted by Crippen LogP contribution is 2.59. The van der Waals surface area contributed by atoms with Crippen LogP contribution in [-0.2, 0) is 20.0 Å². The van der Waals surface area contributed by atoms with Crippen molar-refractivity contribution in [3.63, 3.8) is 0 Å². The third-order valence-corrected chi connectivity index (χ3v) is 8.38. The van der Waals surface area contributed by atoms with Crippen LogP contribution >= 0.6 is 38.6 Å². The lowest BCUT2D eigenvalue weighted by atomic mass is 9.87. The van der Waals surface area contributed by atoms with Crippen molar-refractivity contribution in [2.75, 3.05) is 26.4 Å². The van der Waals surface area contributed by atoms with Crippen molar-refractivity contribution in [2.45, 2.75) is 11.9 Å². The Morgan fingerprint density at radius 3 is 2.41 bits per heavy atom. The number of hydrogen-bond donors (Lipinski definition) is 1. The molecule has 2 aliphatic rings. The van der Waals surface area contributed by atoms with E-state index in [4.69, 9.17) is 14.2 Å². The van der Waals surface area contributed by atoms with Crippen molar-refractivity contribution in [3.05, 3.63) is 66.6 Å². The van der Waals surface area contributed by atoms with Gasteiger partial charge in [0.2, 0.25) is 17.4 Å². The summed E-state index contributed by atoms with van der Waals surface area (Å²) in [5, 5.41) is 9.32. The Hall–Kier alpha value is -1.74. The number of carbonyl (C=O) groups is 1. The number of ether oxygens (including phenoxy) is 3. The molecule has 0 bridgehead atoms. The maximum atomic E-state index is 14.3. The van der Waals surface area contributed by atoms with Crippen LogP contribution in [0.2, 0.25) is 0 Å². The normalized spacial score (nSPS) is 21.2. The molecule has 1 N–H and O–H groups in total. The monoisotopic (exact) mass is 582 g/mol. The van der Waals surface area contributed by atoms with E-state index in [0.29, 0.717) is 24.7 Å². The lowest BCUT2D eigenvalue weighted by molar-refractivity contribution is -0.340. The zero-order chi connectivity index (χ0) is 24.4. The van der Waals surface area contributed by atoms with Crippen LogP contribution in [0.3, 0.4) is 0 Å². The van der Waals surface area contributed by atoms with Gasteiger partial charge in [0.25, 0.3) is 0 Å². The van der Waals surface area contributed by atoms with Gasteiger partial charge in [-0.3, -0.25) is 4.79 Å². The smallest absolute Gasteiger partial charge is 0.228 e. The number of fused-ring (bicyclic) bond motifs is 6. The largest absolute Gasteiger partial charge is 0.394 e. The molecule has 0 spiro atoms. The predicted octanol–water partition coefficient (Wildman–Crippen LogP) is 5.43. The van der Waals surface area contributed by atoms with Gasteiger partial charge < -0.3 is 19.3 Å². The molecule has 2 unspecified atom stereocenters. The minimum Gasteiger partial charge on any atom is -0.394 e. The Morgan fingerprint density at radius 2 is 1.74 bits per heavy atom. The fourth-order valence-electron chi connectivity index (χ4n) is 4.06. The molecule has 3 heterocycles. The quantitative estimate of drug-likeness (QED) is 0.188. The van der Waals surface area contributed by atoms with E-state index in [-0.39, 0.29) is 31.3 Å². The molecule has 5 nitrogen and oxygen atoms in total. The Morgan fingerprint density at radius 1 is 1.06 bits per heavy atom. The average molecular weight is 583 g/mol. The van der Waals surface area contributed by atoms with Gasteiger partial charge in [0.1, 0.15) is 11.7 Å². The van der Waals surface area contributed by atoms with Crippen molar-refractivity contribution in [3.8, 4) is 9.75 Å². The molecule has 0 radical (unpaired) electrons. The Labute approximate surface area is 204 Å². The van der Waals surface area contributed by atoms with Crippen molar-refractivity contribution >= 4 is 44.4 Å². The molecule has 1 aliphatic heterocycles. The number of aliphatic hydroxyl groups excluding tert-OH is 1. The molecule has 180 valence electrons. The van der Waals surface area contributed by atoms with Crippen LogP contribution in [-0.4, -0.2) is 37.3 Å². The summed E-state index contributed by atoms with van der Waals surface area (Å²) in [6.07, 6.45) is -0.911. The van der Waals surface area contributed by atoms with E-state index in [1.54, 1.807) is 6.07 Å². The molecule has 0 amide bonds. The first kappa shape index (κ1) is 24.0. The SMILES string of the molecule is O=C(c1cc2c(s1)-c1sc(Br)cc1C1(OCCO)OCCOC21)c1c(F)c(F)c(F)c(F)c1F. The molecule has 13 heteroatoms. The van der Waals surface area contributed by atoms with E-state index in [9.17, 15) is 31.9 Å². The molecule has 1 aromatic carbocycles. The molecule has 2 aromatic heterocycles. The highest BCUT2D eigenvalue weighted by molar-refractivity contribution is 9.11. The third kappa shape index (κ3) is 3.40. The molecule has 1 saturated heterocycles. The number of aliphatic hydroxyl groups is 1. The molecule has 5 rings (SSSR count). The van der Waals surface area contributed by atoms with Crippen molar-refractivity contribution < 1.29 is 46.1 Å². The van der Waals surface area contributed by atoms with Gasteiger partial charge in [-0.25, -0.2) is 22.0 Å². The first-order chi connectivity index (χ1) is 16.2. The summed E-state index contributed by atoms with van der Waals surface area (Å²) in [6, 6.07) is 3.03. The molecule has 1 aliphatic carbocycles. The number of carbonyl (C=O) groups excluding carboxylic acids is 1. The van der Waals surface area contributed by atoms with Crippen LogP contribution in [0.1, 0.15) is 32.5 Å². The summed E-state index contributed by atoms with van der Waals surface area (Å²) in [5.41, 5.74) is -0.574. The van der Waals surface area contributed by atoms with Crippen LogP contribution in [0.25, 0.3) is 9.75 Å². The second-order valence-corrected chi connectivity index (χ2v) is 10.8. The van der Waals surface area contributed by atoms with Crippen LogP contribution < -0.4 is 0 Å². The van der Waals surface area contributed by atoms with Crippen LogP contribution in [0, 0.1) is 29.1 Å². The second kappa shape index (κ2) is 8.73. The molecule has 0 saturated carbocycles. The molecule has 2 atom stereocenters. The zero-order valence-electron chi connectivity index (χ0n) is 16.7. The van der Waals surface area contributed by atoms with Crippen molar-refractivity contribution in [2.24, 2.45) is 0 Å². The highest BCUT2D eigenvalue weighted by Gasteiger charge is 2.54. The Kier molecular flexibility index (Phi) is 6.16. The van der Waals surface area contributed by atoms with Gasteiger partial charge >= 0.3 is 0 Å². The molecule has 3 aromatic rings. The Balaban J connectivity index is 1.68. The Bertz CT molecular complexity index is 1300. The van der Waals surface area contributed by atoms with Gasteiger partial charge in [-0.05, 0) is 28.1 Å². The van der Waals surface area contributed by atoms with E-state index < -0.39 is 52.3 Å². The summed E-state index contributed by atoms with van der Waals surface area (Å²) in [5.74, 6) is -14.0. The first-order valence-corrected chi connectivity index (χ1v) is 12.1. The fourth-order valence-corrected chi connectivity index (χ4v) is 7.00. The fraction of sp³-hybridized carbons (Fsp3) is 0.286. The van der Waals surface area contributed by atoms with Gasteiger partial charge in [0.15, 0.2) is 23.3 Å². The van der Waals surface area contributed by atoms with E-state index in [0.717, 1.165) is 11.3 Å². The number of ketones is 1. The highest BCUT2D eigenvalue weighted by atomic mass is 79.9.